The Morgan fingerprint density at radius 1 is 1.05 bits per heavy atom. The third kappa shape index (κ3) is 4.26. The van der Waals surface area contributed by atoms with E-state index in [1.165, 1.54) is 6.07 Å². The van der Waals surface area contributed by atoms with E-state index in [0.717, 1.165) is 25.0 Å². The van der Waals surface area contributed by atoms with E-state index in [1.807, 2.05) is 0 Å². The van der Waals surface area contributed by atoms with Crippen LogP contribution < -0.4 is 5.73 Å². The number of rotatable bonds is 6. The minimum atomic E-state index is -3.96. The van der Waals surface area contributed by atoms with Crippen molar-refractivity contribution in [2.45, 2.75) is 29.1 Å². The molecule has 1 rings (SSSR count). The highest BCUT2D eigenvalue weighted by molar-refractivity contribution is 7.93. The number of unbranched alkanes of at least 4 members (excludes halogenated alkanes) is 1. The van der Waals surface area contributed by atoms with Crippen molar-refractivity contribution < 1.29 is 21.2 Å². The Hall–Kier alpha value is -0.990. The monoisotopic (exact) mass is 323 g/mol. The molecule has 0 bridgehead atoms. The van der Waals surface area contributed by atoms with Crippen LogP contribution in [0.4, 0.5) is 4.39 Å². The fourth-order valence-electron chi connectivity index (χ4n) is 1.87. The van der Waals surface area contributed by atoms with Gasteiger partial charge in [0.1, 0.15) is 10.7 Å². The van der Waals surface area contributed by atoms with Crippen LogP contribution in [0.2, 0.25) is 0 Å². The van der Waals surface area contributed by atoms with Crippen molar-refractivity contribution in [1.29, 1.82) is 0 Å². The zero-order valence-corrected chi connectivity index (χ0v) is 13.0. The van der Waals surface area contributed by atoms with Crippen molar-refractivity contribution >= 4 is 19.7 Å². The van der Waals surface area contributed by atoms with Crippen LogP contribution in [0.1, 0.15) is 18.4 Å². The second-order valence-corrected chi connectivity index (χ2v) is 8.63. The van der Waals surface area contributed by atoms with Crippen LogP contribution in [-0.2, 0) is 26.1 Å². The molecule has 0 aliphatic rings. The molecule has 5 nitrogen and oxygen atoms in total. The van der Waals surface area contributed by atoms with E-state index in [0.29, 0.717) is 24.9 Å². The van der Waals surface area contributed by atoms with Gasteiger partial charge in [0.25, 0.3) is 0 Å². The molecule has 1 aromatic rings. The second-order valence-electron chi connectivity index (χ2n) is 4.70. The standard InChI is InChI=1S/C12H18FNO4S2/c1-19(15,16)11-8-9(5-3-4-6-14)7-10(13)12(11)20(2,17)18/h7-8H,3-6,14H2,1-2H3. The highest BCUT2D eigenvalue weighted by Crippen LogP contribution is 2.26. The number of aryl methyl sites for hydroxylation is 1. The SMILES string of the molecule is CS(=O)(=O)c1cc(CCCCN)cc(F)c1S(C)(=O)=O. The molecule has 0 aliphatic heterocycles. The van der Waals surface area contributed by atoms with Gasteiger partial charge in [-0.1, -0.05) is 0 Å². The minimum absolute atomic E-state index is 0.445. The van der Waals surface area contributed by atoms with E-state index in [1.54, 1.807) is 0 Å². The molecule has 0 aromatic heterocycles. The van der Waals surface area contributed by atoms with Gasteiger partial charge in [-0.15, -0.1) is 0 Å². The zero-order chi connectivity index (χ0) is 15.6. The third-order valence-corrected chi connectivity index (χ3v) is 5.17. The van der Waals surface area contributed by atoms with Crippen molar-refractivity contribution in [3.05, 3.63) is 23.5 Å². The van der Waals surface area contributed by atoms with Gasteiger partial charge in [0.05, 0.1) is 4.90 Å². The molecule has 2 N–H and O–H groups in total. The molecule has 0 unspecified atom stereocenters. The molecule has 0 fully saturated rings. The van der Waals surface area contributed by atoms with Gasteiger partial charge in [-0.3, -0.25) is 0 Å². The maximum Gasteiger partial charge on any atom is 0.179 e. The first-order valence-corrected chi connectivity index (χ1v) is 9.78. The summed E-state index contributed by atoms with van der Waals surface area (Å²) in [5.41, 5.74) is 5.80. The molecule has 0 saturated heterocycles. The number of halogens is 1. The molecule has 0 heterocycles. The Morgan fingerprint density at radius 3 is 2.10 bits per heavy atom. The van der Waals surface area contributed by atoms with Gasteiger partial charge in [0.15, 0.2) is 19.7 Å². The number of nitrogens with two attached hydrogens (primary N) is 1. The summed E-state index contributed by atoms with van der Waals surface area (Å²) in [7, 11) is -7.80. The van der Waals surface area contributed by atoms with Crippen molar-refractivity contribution in [1.82, 2.24) is 0 Å². The summed E-state index contributed by atoms with van der Waals surface area (Å²) < 4.78 is 60.5. The quantitative estimate of drug-likeness (QED) is 0.785. The summed E-state index contributed by atoms with van der Waals surface area (Å²) in [5.74, 6) is -1.03. The van der Waals surface area contributed by atoms with Gasteiger partial charge in [0, 0.05) is 12.5 Å². The van der Waals surface area contributed by atoms with Crippen molar-refractivity contribution in [3.8, 4) is 0 Å². The van der Waals surface area contributed by atoms with Gasteiger partial charge < -0.3 is 5.73 Å². The predicted octanol–water partition coefficient (Wildman–Crippen LogP) is 0.914. The molecule has 0 amide bonds. The predicted molar refractivity (Wildman–Crippen MR) is 74.6 cm³/mol. The topological polar surface area (TPSA) is 94.3 Å². The molecule has 0 spiro atoms. The van der Waals surface area contributed by atoms with Crippen molar-refractivity contribution in [3.63, 3.8) is 0 Å². The lowest BCUT2D eigenvalue weighted by molar-refractivity contribution is 0.552. The Kier molecular flexibility index (Phi) is 5.28. The Balaban J connectivity index is 3.43. The van der Waals surface area contributed by atoms with Crippen LogP contribution in [0.25, 0.3) is 0 Å². The van der Waals surface area contributed by atoms with Gasteiger partial charge in [-0.05, 0) is 43.5 Å². The Labute approximate surface area is 118 Å². The smallest absolute Gasteiger partial charge is 0.179 e. The Bertz CT molecular complexity index is 696. The van der Waals surface area contributed by atoms with E-state index in [4.69, 9.17) is 5.73 Å². The molecule has 20 heavy (non-hydrogen) atoms. The van der Waals surface area contributed by atoms with Gasteiger partial charge in [-0.25, -0.2) is 21.2 Å². The average Bonchev–Trinajstić information content (AvgIpc) is 2.25. The molecular weight excluding hydrogens is 305 g/mol. The summed E-state index contributed by atoms with van der Waals surface area (Å²) in [6, 6.07) is 2.30. The van der Waals surface area contributed by atoms with Gasteiger partial charge >= 0.3 is 0 Å². The maximum atomic E-state index is 14.0. The van der Waals surface area contributed by atoms with Crippen LogP contribution in [0.15, 0.2) is 21.9 Å². The summed E-state index contributed by atoms with van der Waals surface area (Å²) in [4.78, 5) is -1.25. The summed E-state index contributed by atoms with van der Waals surface area (Å²) in [6.45, 7) is 0.489. The zero-order valence-electron chi connectivity index (χ0n) is 11.4. The summed E-state index contributed by atoms with van der Waals surface area (Å²) in [5, 5.41) is 0. The fourth-order valence-corrected chi connectivity index (χ4v) is 4.42. The third-order valence-electron chi connectivity index (χ3n) is 2.76. The normalized spacial score (nSPS) is 12.6. The summed E-state index contributed by atoms with van der Waals surface area (Å²) in [6.07, 6.45) is 3.50. The molecular formula is C12H18FNO4S2. The van der Waals surface area contributed by atoms with E-state index in [2.05, 4.69) is 0 Å². The van der Waals surface area contributed by atoms with E-state index >= 15 is 0 Å². The van der Waals surface area contributed by atoms with Crippen LogP contribution >= 0.6 is 0 Å². The summed E-state index contributed by atoms with van der Waals surface area (Å²) >= 11 is 0. The average molecular weight is 323 g/mol. The molecule has 0 saturated carbocycles. The van der Waals surface area contributed by atoms with Crippen LogP contribution in [0.5, 0.6) is 0 Å². The number of benzene rings is 1. The lowest BCUT2D eigenvalue weighted by atomic mass is 10.1. The highest BCUT2D eigenvalue weighted by Gasteiger charge is 2.25. The van der Waals surface area contributed by atoms with E-state index in [-0.39, 0.29) is 0 Å². The lowest BCUT2D eigenvalue weighted by Crippen LogP contribution is -2.11. The largest absolute Gasteiger partial charge is 0.330 e. The molecule has 0 radical (unpaired) electrons. The second kappa shape index (κ2) is 6.19. The number of sulfone groups is 2. The van der Waals surface area contributed by atoms with Crippen molar-refractivity contribution in [2.75, 3.05) is 19.1 Å². The number of hydrogen-bond acceptors (Lipinski definition) is 5. The molecule has 114 valence electrons. The molecule has 0 atom stereocenters. The fraction of sp³-hybridized carbons (Fsp3) is 0.500. The highest BCUT2D eigenvalue weighted by atomic mass is 32.2. The van der Waals surface area contributed by atoms with Gasteiger partial charge in [0.2, 0.25) is 0 Å². The minimum Gasteiger partial charge on any atom is -0.330 e. The van der Waals surface area contributed by atoms with Crippen LogP contribution in [0, 0.1) is 5.82 Å². The maximum absolute atomic E-state index is 14.0. The number of hydrogen-bond donors (Lipinski definition) is 1. The van der Waals surface area contributed by atoms with Crippen LogP contribution in [0.3, 0.4) is 0 Å². The molecule has 0 aliphatic carbocycles. The van der Waals surface area contributed by atoms with E-state index < -0.39 is 35.3 Å². The first-order valence-electron chi connectivity index (χ1n) is 6.00. The van der Waals surface area contributed by atoms with Gasteiger partial charge in [-0.2, -0.15) is 0 Å². The van der Waals surface area contributed by atoms with E-state index in [9.17, 15) is 21.2 Å². The first kappa shape index (κ1) is 17.1. The van der Waals surface area contributed by atoms with Crippen molar-refractivity contribution in [2.24, 2.45) is 5.73 Å². The first-order chi connectivity index (χ1) is 9.07. The molecule has 1 aromatic carbocycles. The molecule has 8 heteroatoms. The van der Waals surface area contributed by atoms with Crippen LogP contribution in [-0.4, -0.2) is 35.9 Å². The lowest BCUT2D eigenvalue weighted by Gasteiger charge is -2.10. The Morgan fingerprint density at radius 2 is 1.65 bits per heavy atom.